The molecule has 0 saturated heterocycles. The van der Waals surface area contributed by atoms with Gasteiger partial charge in [-0.3, -0.25) is 4.79 Å². The third kappa shape index (κ3) is 4.00. The minimum Gasteiger partial charge on any atom is -0.376 e. The fraction of sp³-hybridized carbons (Fsp3) is 0.182. The number of hydrogen-bond acceptors (Lipinski definition) is 6. The first-order valence-electron chi connectivity index (χ1n) is 9.44. The topological polar surface area (TPSA) is 51.2 Å². The van der Waals surface area contributed by atoms with Gasteiger partial charge in [0.15, 0.2) is 0 Å². The highest BCUT2D eigenvalue weighted by Crippen LogP contribution is 2.45. The van der Waals surface area contributed by atoms with Crippen LogP contribution in [-0.4, -0.2) is 23.3 Å². The molecule has 0 spiro atoms. The van der Waals surface area contributed by atoms with E-state index in [9.17, 15) is 9.18 Å². The van der Waals surface area contributed by atoms with Gasteiger partial charge in [0.05, 0.1) is 29.2 Å². The van der Waals surface area contributed by atoms with E-state index in [-0.39, 0.29) is 17.5 Å². The van der Waals surface area contributed by atoms with Gasteiger partial charge in [-0.15, -0.1) is 34.4 Å². The Morgan fingerprint density at radius 1 is 1.17 bits per heavy atom. The van der Waals surface area contributed by atoms with Gasteiger partial charge in [-0.05, 0) is 48.4 Å². The summed E-state index contributed by atoms with van der Waals surface area (Å²) in [5, 5.41) is 4.84. The molecule has 1 aliphatic rings. The molecule has 0 bridgehead atoms. The van der Waals surface area contributed by atoms with Crippen LogP contribution in [0.3, 0.4) is 0 Å². The third-order valence-electron chi connectivity index (χ3n) is 4.76. The number of carbonyl (C=O) groups excluding carboxylic acids is 1. The van der Waals surface area contributed by atoms with E-state index in [1.54, 1.807) is 34.8 Å². The number of hydrogen-bond donors (Lipinski definition) is 1. The molecule has 0 fully saturated rings. The van der Waals surface area contributed by atoms with Gasteiger partial charge in [-0.25, -0.2) is 9.37 Å². The van der Waals surface area contributed by atoms with Gasteiger partial charge in [0.1, 0.15) is 15.8 Å². The molecule has 0 unspecified atom stereocenters. The number of nitrogens with one attached hydrogen (secondary N) is 1. The normalized spacial score (nSPS) is 13.4. The average molecular weight is 457 g/mol. The lowest BCUT2D eigenvalue weighted by Gasteiger charge is -2.12. The lowest BCUT2D eigenvalue weighted by molar-refractivity contribution is -0.113. The number of fused-ring (bicyclic) bond motifs is 2. The van der Waals surface area contributed by atoms with Crippen LogP contribution in [0.2, 0.25) is 0 Å². The molecule has 8 heteroatoms. The highest BCUT2D eigenvalue weighted by molar-refractivity contribution is 8.00. The van der Waals surface area contributed by atoms with Crippen LogP contribution in [0.5, 0.6) is 0 Å². The number of amides is 1. The number of para-hydroxylation sites is 1. The van der Waals surface area contributed by atoms with Crippen molar-refractivity contribution in [3.05, 3.63) is 64.8 Å². The van der Waals surface area contributed by atoms with Gasteiger partial charge in [0.2, 0.25) is 5.91 Å². The van der Waals surface area contributed by atoms with Gasteiger partial charge in [-0.1, -0.05) is 12.1 Å². The fourth-order valence-electron chi connectivity index (χ4n) is 3.37. The maximum atomic E-state index is 13.1. The van der Waals surface area contributed by atoms with Crippen molar-refractivity contribution in [1.82, 2.24) is 4.98 Å². The summed E-state index contributed by atoms with van der Waals surface area (Å²) in [6.07, 6.45) is 0.817. The summed E-state index contributed by atoms with van der Waals surface area (Å²) in [5.41, 5.74) is 3.22. The Labute approximate surface area is 185 Å². The van der Waals surface area contributed by atoms with Crippen molar-refractivity contribution in [1.29, 1.82) is 0 Å². The molecule has 2 aromatic heterocycles. The molecule has 0 aliphatic carbocycles. The van der Waals surface area contributed by atoms with Crippen molar-refractivity contribution >= 4 is 55.6 Å². The zero-order chi connectivity index (χ0) is 20.5. The van der Waals surface area contributed by atoms with Gasteiger partial charge in [0.25, 0.3) is 0 Å². The second-order valence-electron chi connectivity index (χ2n) is 6.79. The Morgan fingerprint density at radius 3 is 2.83 bits per heavy atom. The van der Waals surface area contributed by atoms with Gasteiger partial charge in [0, 0.05) is 15.3 Å². The van der Waals surface area contributed by atoms with Gasteiger partial charge in [-0.2, -0.15) is 0 Å². The number of benzene rings is 2. The number of thioether (sulfide) groups is 1. The molecule has 4 aromatic rings. The molecule has 0 atom stereocenters. The number of anilines is 1. The Balaban J connectivity index is 1.42. The maximum Gasteiger partial charge on any atom is 0.235 e. The quantitative estimate of drug-likeness (QED) is 0.376. The predicted octanol–water partition coefficient (Wildman–Crippen LogP) is 5.97. The number of thiophene rings is 1. The van der Waals surface area contributed by atoms with Crippen LogP contribution >= 0.6 is 34.4 Å². The minimum absolute atomic E-state index is 0.0915. The van der Waals surface area contributed by atoms with Crippen molar-refractivity contribution in [2.24, 2.45) is 0 Å². The Bertz CT molecular complexity index is 1180. The molecule has 3 heterocycles. The fourth-order valence-corrected chi connectivity index (χ4v) is 6.38. The second kappa shape index (κ2) is 8.47. The number of ether oxygens (including phenoxy) is 1. The van der Waals surface area contributed by atoms with E-state index in [4.69, 9.17) is 9.72 Å². The second-order valence-corrected chi connectivity index (χ2v) is 9.97. The monoisotopic (exact) mass is 456 g/mol. The first kappa shape index (κ1) is 19.7. The molecule has 1 amide bonds. The molecule has 0 radical (unpaired) electrons. The lowest BCUT2D eigenvalue weighted by Crippen LogP contribution is -2.14. The first-order valence-corrected chi connectivity index (χ1v) is 12.1. The van der Waals surface area contributed by atoms with Gasteiger partial charge < -0.3 is 10.1 Å². The highest BCUT2D eigenvalue weighted by Gasteiger charge is 2.25. The predicted molar refractivity (Wildman–Crippen MR) is 122 cm³/mol. The third-order valence-corrected chi connectivity index (χ3v) is 7.95. The number of carbonyl (C=O) groups is 1. The van der Waals surface area contributed by atoms with Crippen LogP contribution in [0.1, 0.15) is 10.4 Å². The smallest absolute Gasteiger partial charge is 0.235 e. The number of halogens is 1. The summed E-state index contributed by atoms with van der Waals surface area (Å²) in [6.45, 7) is 1.24. The summed E-state index contributed by atoms with van der Waals surface area (Å²) >= 11 is 4.60. The van der Waals surface area contributed by atoms with Crippen LogP contribution in [0, 0.1) is 5.82 Å². The van der Waals surface area contributed by atoms with Crippen molar-refractivity contribution in [3.63, 3.8) is 0 Å². The maximum absolute atomic E-state index is 13.1. The SMILES string of the molecule is O=C(CSc1ccc(F)cc1)Nc1sc2c(c1-c1nc3ccccc3s1)CCOC2. The zero-order valence-electron chi connectivity index (χ0n) is 15.8. The molecule has 152 valence electrons. The van der Waals surface area contributed by atoms with Crippen LogP contribution in [-0.2, 0) is 22.6 Å². The lowest BCUT2D eigenvalue weighted by atomic mass is 10.1. The number of thiazole rings is 1. The Hall–Kier alpha value is -2.26. The van der Waals surface area contributed by atoms with E-state index in [1.165, 1.54) is 29.5 Å². The molecule has 30 heavy (non-hydrogen) atoms. The van der Waals surface area contributed by atoms with Crippen LogP contribution in [0.15, 0.2) is 53.4 Å². The van der Waals surface area contributed by atoms with E-state index in [0.29, 0.717) is 13.2 Å². The zero-order valence-corrected chi connectivity index (χ0v) is 18.3. The summed E-state index contributed by atoms with van der Waals surface area (Å²) in [6, 6.07) is 14.2. The van der Waals surface area contributed by atoms with Crippen LogP contribution in [0.4, 0.5) is 9.39 Å². The molecule has 2 aromatic carbocycles. The van der Waals surface area contributed by atoms with Crippen LogP contribution < -0.4 is 5.32 Å². The first-order chi connectivity index (χ1) is 14.7. The summed E-state index contributed by atoms with van der Waals surface area (Å²) in [5.74, 6) is -0.119. The van der Waals surface area contributed by atoms with Gasteiger partial charge >= 0.3 is 0 Å². The van der Waals surface area contributed by atoms with E-state index >= 15 is 0 Å². The van der Waals surface area contributed by atoms with Crippen molar-refractivity contribution in [2.45, 2.75) is 17.9 Å². The summed E-state index contributed by atoms with van der Waals surface area (Å²) < 4.78 is 19.8. The molecular weight excluding hydrogens is 439 g/mol. The molecule has 0 saturated carbocycles. The van der Waals surface area contributed by atoms with E-state index in [1.807, 2.05) is 18.2 Å². The van der Waals surface area contributed by atoms with Crippen LogP contribution in [0.25, 0.3) is 20.8 Å². The molecule has 4 nitrogen and oxygen atoms in total. The summed E-state index contributed by atoms with van der Waals surface area (Å²) in [4.78, 5) is 19.5. The van der Waals surface area contributed by atoms with E-state index in [0.717, 1.165) is 42.0 Å². The number of aromatic nitrogens is 1. The number of rotatable bonds is 5. The largest absolute Gasteiger partial charge is 0.376 e. The standard InChI is InChI=1S/C22H17FN2O2S3/c23-13-5-7-14(8-6-13)28-12-19(26)25-22-20(15-9-10-27-11-18(15)30-22)21-24-16-3-1-2-4-17(16)29-21/h1-8H,9-12H2,(H,25,26). The number of nitrogens with zero attached hydrogens (tertiary/aromatic N) is 1. The average Bonchev–Trinajstić information content (AvgIpc) is 3.33. The molecule has 1 N–H and O–H groups in total. The molecule has 1 aliphatic heterocycles. The van der Waals surface area contributed by atoms with E-state index in [2.05, 4.69) is 11.4 Å². The van der Waals surface area contributed by atoms with Crippen molar-refractivity contribution in [2.75, 3.05) is 17.7 Å². The summed E-state index contributed by atoms with van der Waals surface area (Å²) in [7, 11) is 0. The van der Waals surface area contributed by atoms with Crippen molar-refractivity contribution < 1.29 is 13.9 Å². The Kier molecular flexibility index (Phi) is 5.56. The highest BCUT2D eigenvalue weighted by atomic mass is 32.2. The van der Waals surface area contributed by atoms with Crippen molar-refractivity contribution in [3.8, 4) is 10.6 Å². The minimum atomic E-state index is -0.282. The Morgan fingerprint density at radius 2 is 2.00 bits per heavy atom. The molecular formula is C22H17FN2O2S3. The van der Waals surface area contributed by atoms with E-state index < -0.39 is 0 Å². The molecule has 5 rings (SSSR count).